The molecular weight excluding hydrogens is 173 g/mol. The van der Waals surface area contributed by atoms with E-state index in [9.17, 15) is 18.0 Å². The normalized spacial score (nSPS) is 11.3. The number of esters is 1. The van der Waals surface area contributed by atoms with E-state index >= 15 is 0 Å². The van der Waals surface area contributed by atoms with Crippen LogP contribution in [0.1, 0.15) is 26.2 Å². The summed E-state index contributed by atoms with van der Waals surface area (Å²) >= 11 is 0. The van der Waals surface area contributed by atoms with E-state index in [0.717, 1.165) is 0 Å². The van der Waals surface area contributed by atoms with Crippen molar-refractivity contribution < 1.29 is 22.7 Å². The van der Waals surface area contributed by atoms with Gasteiger partial charge in [0, 0.05) is 12.8 Å². The molecule has 5 heteroatoms. The maximum atomic E-state index is 11.5. The fraction of sp³-hybridized carbons (Fsp3) is 0.857. The third kappa shape index (κ3) is 7.37. The highest BCUT2D eigenvalue weighted by Gasteiger charge is 2.26. The number of carbonyl (C=O) groups is 1. The van der Waals surface area contributed by atoms with Crippen molar-refractivity contribution in [3.8, 4) is 0 Å². The largest absolute Gasteiger partial charge is 0.466 e. The number of rotatable bonds is 4. The lowest BCUT2D eigenvalue weighted by atomic mass is 10.2. The van der Waals surface area contributed by atoms with Crippen LogP contribution < -0.4 is 0 Å². The Bertz CT molecular complexity index is 142. The third-order valence-electron chi connectivity index (χ3n) is 1.15. The first-order valence-corrected chi connectivity index (χ1v) is 3.68. The maximum Gasteiger partial charge on any atom is 0.389 e. The van der Waals surface area contributed by atoms with Gasteiger partial charge in [-0.1, -0.05) is 0 Å². The van der Waals surface area contributed by atoms with Gasteiger partial charge in [0.05, 0.1) is 6.61 Å². The molecule has 0 N–H and O–H groups in total. The maximum absolute atomic E-state index is 11.5. The van der Waals surface area contributed by atoms with Gasteiger partial charge in [0.2, 0.25) is 0 Å². The zero-order valence-electron chi connectivity index (χ0n) is 6.78. The second-order valence-corrected chi connectivity index (χ2v) is 2.27. The Morgan fingerprint density at radius 1 is 1.42 bits per heavy atom. The van der Waals surface area contributed by atoms with Crippen LogP contribution in [0.2, 0.25) is 0 Å². The number of carbonyl (C=O) groups excluding carboxylic acids is 1. The first kappa shape index (κ1) is 11.3. The molecule has 0 atom stereocenters. The summed E-state index contributed by atoms with van der Waals surface area (Å²) in [7, 11) is 0. The minimum atomic E-state index is -4.17. The summed E-state index contributed by atoms with van der Waals surface area (Å²) in [6.45, 7) is 1.83. The second-order valence-electron chi connectivity index (χ2n) is 2.27. The quantitative estimate of drug-likeness (QED) is 0.626. The summed E-state index contributed by atoms with van der Waals surface area (Å²) in [5.41, 5.74) is 0. The van der Waals surface area contributed by atoms with Crippen LogP contribution in [-0.4, -0.2) is 18.8 Å². The molecule has 0 rings (SSSR count). The molecule has 2 nitrogen and oxygen atoms in total. The standard InChI is InChI=1S/C7H11F3O2/c1-2-12-6(11)4-3-5-7(8,9)10/h2-5H2,1H3. The second kappa shape index (κ2) is 5.00. The lowest BCUT2D eigenvalue weighted by Gasteiger charge is -2.04. The van der Waals surface area contributed by atoms with Gasteiger partial charge in [-0.15, -0.1) is 0 Å². The van der Waals surface area contributed by atoms with Crippen LogP contribution in [0.3, 0.4) is 0 Å². The topological polar surface area (TPSA) is 26.3 Å². The third-order valence-corrected chi connectivity index (χ3v) is 1.15. The molecule has 0 aliphatic carbocycles. The highest BCUT2D eigenvalue weighted by Crippen LogP contribution is 2.22. The van der Waals surface area contributed by atoms with Crippen molar-refractivity contribution in [3.05, 3.63) is 0 Å². The van der Waals surface area contributed by atoms with Crippen molar-refractivity contribution >= 4 is 5.97 Å². The number of hydrogen-bond acceptors (Lipinski definition) is 2. The summed E-state index contributed by atoms with van der Waals surface area (Å²) in [6, 6.07) is 0. The molecule has 0 saturated carbocycles. The van der Waals surface area contributed by atoms with Gasteiger partial charge in [-0.2, -0.15) is 13.2 Å². The lowest BCUT2D eigenvalue weighted by molar-refractivity contribution is -0.147. The Morgan fingerprint density at radius 2 is 2.00 bits per heavy atom. The molecule has 12 heavy (non-hydrogen) atoms. The van der Waals surface area contributed by atoms with Gasteiger partial charge in [-0.25, -0.2) is 0 Å². The first-order chi connectivity index (χ1) is 5.45. The van der Waals surface area contributed by atoms with Gasteiger partial charge in [-0.3, -0.25) is 4.79 Å². The molecular formula is C7H11F3O2. The number of ether oxygens (including phenoxy) is 1. The van der Waals surface area contributed by atoms with Crippen LogP contribution in [0.5, 0.6) is 0 Å². The first-order valence-electron chi connectivity index (χ1n) is 3.68. The lowest BCUT2D eigenvalue weighted by Crippen LogP contribution is -2.09. The number of alkyl halides is 3. The average Bonchev–Trinajstić information content (AvgIpc) is 1.84. The SMILES string of the molecule is CCOC(=O)CCCC(F)(F)F. The van der Waals surface area contributed by atoms with Gasteiger partial charge < -0.3 is 4.74 Å². The van der Waals surface area contributed by atoms with E-state index in [2.05, 4.69) is 4.74 Å². The van der Waals surface area contributed by atoms with Gasteiger partial charge in [0.25, 0.3) is 0 Å². The van der Waals surface area contributed by atoms with Crippen molar-refractivity contribution in [2.75, 3.05) is 6.61 Å². The molecule has 0 aromatic carbocycles. The van der Waals surface area contributed by atoms with Crippen molar-refractivity contribution in [2.24, 2.45) is 0 Å². The molecule has 0 aromatic heterocycles. The number of halogens is 3. The fourth-order valence-corrected chi connectivity index (χ4v) is 0.666. The molecule has 0 aliphatic rings. The monoisotopic (exact) mass is 184 g/mol. The predicted molar refractivity (Wildman–Crippen MR) is 36.5 cm³/mol. The highest BCUT2D eigenvalue weighted by atomic mass is 19.4. The Labute approximate surface area is 68.7 Å². The van der Waals surface area contributed by atoms with E-state index in [1.54, 1.807) is 6.92 Å². The molecule has 0 radical (unpaired) electrons. The van der Waals surface area contributed by atoms with Crippen LogP contribution in [0, 0.1) is 0 Å². The van der Waals surface area contributed by atoms with E-state index in [0.29, 0.717) is 0 Å². The molecule has 0 heterocycles. The molecule has 0 saturated heterocycles. The molecule has 0 aliphatic heterocycles. The van der Waals surface area contributed by atoms with Crippen molar-refractivity contribution in [3.63, 3.8) is 0 Å². The summed E-state index contributed by atoms with van der Waals surface area (Å²) in [5, 5.41) is 0. The van der Waals surface area contributed by atoms with E-state index in [1.807, 2.05) is 0 Å². The Morgan fingerprint density at radius 3 is 2.42 bits per heavy atom. The molecule has 0 bridgehead atoms. The summed E-state index contributed by atoms with van der Waals surface area (Å²) < 4.78 is 39.1. The number of hydrogen-bond donors (Lipinski definition) is 0. The Balaban J connectivity index is 3.37. The van der Waals surface area contributed by atoms with Crippen LogP contribution in [0.4, 0.5) is 13.2 Å². The molecule has 0 amide bonds. The van der Waals surface area contributed by atoms with E-state index in [-0.39, 0.29) is 19.4 Å². The van der Waals surface area contributed by atoms with Crippen LogP contribution in [0.15, 0.2) is 0 Å². The molecule has 0 aromatic rings. The minimum Gasteiger partial charge on any atom is -0.466 e. The van der Waals surface area contributed by atoms with Crippen LogP contribution >= 0.6 is 0 Å². The summed E-state index contributed by atoms with van der Waals surface area (Å²) in [4.78, 5) is 10.5. The summed E-state index contributed by atoms with van der Waals surface area (Å²) in [5.74, 6) is -0.568. The molecule has 0 unspecified atom stereocenters. The van der Waals surface area contributed by atoms with Gasteiger partial charge in [0.15, 0.2) is 0 Å². The molecule has 72 valence electrons. The van der Waals surface area contributed by atoms with Crippen LogP contribution in [0.25, 0.3) is 0 Å². The van der Waals surface area contributed by atoms with E-state index in [1.165, 1.54) is 0 Å². The van der Waals surface area contributed by atoms with E-state index < -0.39 is 18.6 Å². The van der Waals surface area contributed by atoms with Gasteiger partial charge in [0.1, 0.15) is 0 Å². The fourth-order valence-electron chi connectivity index (χ4n) is 0.666. The summed E-state index contributed by atoms with van der Waals surface area (Å²) in [6.07, 6.45) is -5.45. The van der Waals surface area contributed by atoms with E-state index in [4.69, 9.17) is 0 Å². The highest BCUT2D eigenvalue weighted by molar-refractivity contribution is 5.69. The zero-order valence-corrected chi connectivity index (χ0v) is 6.78. The minimum absolute atomic E-state index is 0.159. The van der Waals surface area contributed by atoms with Crippen molar-refractivity contribution in [1.29, 1.82) is 0 Å². The van der Waals surface area contributed by atoms with Crippen molar-refractivity contribution in [1.82, 2.24) is 0 Å². The smallest absolute Gasteiger partial charge is 0.389 e. The van der Waals surface area contributed by atoms with Gasteiger partial charge in [-0.05, 0) is 13.3 Å². The van der Waals surface area contributed by atoms with Crippen LogP contribution in [-0.2, 0) is 9.53 Å². The molecule has 0 fully saturated rings. The Hall–Kier alpha value is -0.740. The zero-order chi connectivity index (χ0) is 9.61. The Kier molecular flexibility index (Phi) is 4.70. The van der Waals surface area contributed by atoms with Crippen molar-refractivity contribution in [2.45, 2.75) is 32.4 Å². The average molecular weight is 184 g/mol. The predicted octanol–water partition coefficient (Wildman–Crippen LogP) is 2.28. The molecule has 0 spiro atoms. The van der Waals surface area contributed by atoms with Gasteiger partial charge >= 0.3 is 12.1 Å².